The van der Waals surface area contributed by atoms with Crippen LogP contribution in [-0.2, 0) is 17.1 Å². The Morgan fingerprint density at radius 1 is 1.10 bits per heavy atom. The molecule has 1 N–H and O–H groups in total. The Morgan fingerprint density at radius 2 is 1.79 bits per heavy atom. The summed E-state index contributed by atoms with van der Waals surface area (Å²) in [4.78, 5) is 14.9. The van der Waals surface area contributed by atoms with E-state index in [4.69, 9.17) is 0 Å². The second-order valence-corrected chi connectivity index (χ2v) is 7.28. The van der Waals surface area contributed by atoms with Crippen molar-refractivity contribution in [3.63, 3.8) is 0 Å². The number of anilines is 1. The lowest BCUT2D eigenvalue weighted by Crippen LogP contribution is -2.38. The van der Waals surface area contributed by atoms with Crippen molar-refractivity contribution in [2.24, 2.45) is 0 Å². The molecular weight excluding hydrogens is 386 g/mol. The second kappa shape index (κ2) is 8.14. The first-order chi connectivity index (χ1) is 13.7. The fraction of sp³-hybridized carbons (Fsp3) is 0.409. The number of aliphatic hydroxyl groups is 1. The van der Waals surface area contributed by atoms with Gasteiger partial charge in [0, 0.05) is 17.8 Å². The molecule has 1 amide bonds. The highest BCUT2D eigenvalue weighted by Gasteiger charge is 2.56. The number of nitrogens with zero attached hydrogens (tertiary/aromatic N) is 1. The number of carbonyl (C=O) groups is 1. The van der Waals surface area contributed by atoms with E-state index in [2.05, 4.69) is 0 Å². The van der Waals surface area contributed by atoms with Crippen molar-refractivity contribution in [1.29, 1.82) is 0 Å². The van der Waals surface area contributed by atoms with E-state index in [1.807, 2.05) is 37.3 Å². The van der Waals surface area contributed by atoms with Gasteiger partial charge in [-0.25, -0.2) is 0 Å². The molecule has 1 aliphatic heterocycles. The number of hydrogen-bond acceptors (Lipinski definition) is 2. The average molecular weight is 409 g/mol. The number of amides is 1. The molecule has 1 aliphatic rings. The van der Waals surface area contributed by atoms with Gasteiger partial charge in [-0.1, -0.05) is 43.3 Å². The van der Waals surface area contributed by atoms with Crippen molar-refractivity contribution in [3.05, 3.63) is 65.2 Å². The molecule has 3 nitrogen and oxygen atoms in total. The predicted molar refractivity (Wildman–Crippen MR) is 102 cm³/mol. The second-order valence-electron chi connectivity index (χ2n) is 7.28. The maximum atomic E-state index is 14.0. The summed E-state index contributed by atoms with van der Waals surface area (Å²) in [7, 11) is 0. The molecular formula is C22H23F4NO2. The topological polar surface area (TPSA) is 40.5 Å². The van der Waals surface area contributed by atoms with E-state index in [0.29, 0.717) is 43.5 Å². The van der Waals surface area contributed by atoms with Crippen molar-refractivity contribution >= 4 is 11.6 Å². The summed E-state index contributed by atoms with van der Waals surface area (Å²) in [5.74, 6) is -4.95. The number of benzene rings is 2. The molecule has 0 spiro atoms. The maximum absolute atomic E-state index is 14.0. The van der Waals surface area contributed by atoms with Crippen LogP contribution in [0.25, 0.3) is 0 Å². The Bertz CT molecular complexity index is 865. The monoisotopic (exact) mass is 409 g/mol. The molecule has 3 rings (SSSR count). The first-order valence-corrected chi connectivity index (χ1v) is 9.64. The zero-order valence-corrected chi connectivity index (χ0v) is 16.0. The van der Waals surface area contributed by atoms with Crippen LogP contribution in [0.1, 0.15) is 48.8 Å². The number of halogens is 4. The average Bonchev–Trinajstić information content (AvgIpc) is 2.90. The van der Waals surface area contributed by atoms with Crippen molar-refractivity contribution in [1.82, 2.24) is 0 Å². The van der Waals surface area contributed by atoms with Crippen LogP contribution in [-0.4, -0.2) is 23.7 Å². The molecule has 156 valence electrons. The summed E-state index contributed by atoms with van der Waals surface area (Å²) < 4.78 is 52.7. The molecule has 0 saturated heterocycles. The molecule has 2 atom stereocenters. The third kappa shape index (κ3) is 4.15. The maximum Gasteiger partial charge on any atom is 0.453 e. The fourth-order valence-electron chi connectivity index (χ4n) is 3.78. The first kappa shape index (κ1) is 21.3. The van der Waals surface area contributed by atoms with Gasteiger partial charge < -0.3 is 10.0 Å². The van der Waals surface area contributed by atoms with Gasteiger partial charge in [0.2, 0.25) is 5.91 Å². The van der Waals surface area contributed by atoms with Gasteiger partial charge in [-0.2, -0.15) is 17.6 Å². The van der Waals surface area contributed by atoms with Crippen LogP contribution in [0.3, 0.4) is 0 Å². The predicted octanol–water partition coefficient (Wildman–Crippen LogP) is 5.23. The van der Waals surface area contributed by atoms with Gasteiger partial charge in [0.15, 0.2) is 0 Å². The molecule has 0 aromatic heterocycles. The Kier molecular flexibility index (Phi) is 5.98. The molecule has 1 heterocycles. The normalized spacial score (nSPS) is 17.8. The molecule has 0 radical (unpaired) electrons. The molecule has 7 heteroatoms. The lowest BCUT2D eigenvalue weighted by Gasteiger charge is -2.29. The van der Waals surface area contributed by atoms with E-state index in [1.165, 1.54) is 6.07 Å². The summed E-state index contributed by atoms with van der Waals surface area (Å²) >= 11 is 0. The molecule has 2 aromatic carbocycles. The highest BCUT2D eigenvalue weighted by molar-refractivity contribution is 5.98. The van der Waals surface area contributed by atoms with Crippen molar-refractivity contribution in [3.8, 4) is 0 Å². The van der Waals surface area contributed by atoms with Crippen LogP contribution in [0.15, 0.2) is 48.5 Å². The number of fused-ring (bicyclic) bond motifs is 1. The Balaban J connectivity index is 1.99. The molecule has 0 fully saturated rings. The van der Waals surface area contributed by atoms with Crippen molar-refractivity contribution < 1.29 is 27.5 Å². The third-order valence-corrected chi connectivity index (χ3v) is 5.38. The Labute approximate surface area is 167 Å². The molecule has 0 bridgehead atoms. The van der Waals surface area contributed by atoms with Crippen molar-refractivity contribution in [2.45, 2.75) is 50.6 Å². The molecule has 29 heavy (non-hydrogen) atoms. The number of aryl methyl sites for hydroxylation is 1. The van der Waals surface area contributed by atoms with Gasteiger partial charge in [0.25, 0.3) is 0 Å². The molecule has 1 unspecified atom stereocenters. The first-order valence-electron chi connectivity index (χ1n) is 9.64. The molecule has 2 aromatic rings. The minimum atomic E-state index is -5.44. The van der Waals surface area contributed by atoms with Gasteiger partial charge >= 0.3 is 12.0 Å². The highest BCUT2D eigenvalue weighted by Crippen LogP contribution is 2.42. The van der Waals surface area contributed by atoms with Crippen molar-refractivity contribution in [2.75, 3.05) is 11.4 Å². The standard InChI is InChI=1S/C22H23F4NO2/c1-2-18(15-8-4-3-5-9-15)20(28)27-13-7-6-10-16-14-17(11-12-19(16)27)21(23,29)22(24,25)26/h3-5,8-9,11-12,14,18,29H,2,6-7,10,13H2,1H3/t18-,21?/m1/s1. The van der Waals surface area contributed by atoms with E-state index < -0.39 is 17.6 Å². The molecule has 0 saturated carbocycles. The lowest BCUT2D eigenvalue weighted by molar-refractivity contribution is -0.323. The van der Waals surface area contributed by atoms with Gasteiger partial charge in [-0.3, -0.25) is 4.79 Å². The number of carbonyl (C=O) groups excluding carboxylic acids is 1. The van der Waals surface area contributed by atoms with E-state index in [-0.39, 0.29) is 11.8 Å². The number of rotatable bonds is 4. The third-order valence-electron chi connectivity index (χ3n) is 5.38. The van der Waals surface area contributed by atoms with Crippen LogP contribution in [0.5, 0.6) is 0 Å². The van der Waals surface area contributed by atoms with Gasteiger partial charge in [0.1, 0.15) is 0 Å². The smallest absolute Gasteiger partial charge is 0.351 e. The van der Waals surface area contributed by atoms with Crippen LogP contribution in [0, 0.1) is 0 Å². The number of alkyl halides is 4. The minimum Gasteiger partial charge on any atom is -0.351 e. The summed E-state index contributed by atoms with van der Waals surface area (Å²) in [6.45, 7) is 2.34. The quantitative estimate of drug-likeness (QED) is 0.703. The Morgan fingerprint density at radius 3 is 2.41 bits per heavy atom. The zero-order chi connectivity index (χ0) is 21.2. The van der Waals surface area contributed by atoms with Crippen LogP contribution in [0.2, 0.25) is 0 Å². The SMILES string of the molecule is CC[C@@H](C(=O)N1CCCCc2cc(C(O)(F)C(F)(F)F)ccc21)c1ccccc1. The zero-order valence-electron chi connectivity index (χ0n) is 16.0. The van der Waals surface area contributed by atoms with Crippen LogP contribution in [0.4, 0.5) is 23.2 Å². The van der Waals surface area contributed by atoms with E-state index in [0.717, 1.165) is 17.7 Å². The summed E-state index contributed by atoms with van der Waals surface area (Å²) in [6, 6.07) is 12.6. The molecule has 0 aliphatic carbocycles. The Hall–Kier alpha value is -2.41. The van der Waals surface area contributed by atoms with Crippen LogP contribution >= 0.6 is 0 Å². The van der Waals surface area contributed by atoms with E-state index in [1.54, 1.807) is 4.90 Å². The largest absolute Gasteiger partial charge is 0.453 e. The van der Waals surface area contributed by atoms with Crippen LogP contribution < -0.4 is 4.90 Å². The summed E-state index contributed by atoms with van der Waals surface area (Å²) in [5.41, 5.74) is 0.908. The van der Waals surface area contributed by atoms with Gasteiger partial charge in [-0.15, -0.1) is 0 Å². The lowest BCUT2D eigenvalue weighted by atomic mass is 9.94. The van der Waals surface area contributed by atoms with Gasteiger partial charge in [0.05, 0.1) is 5.92 Å². The van der Waals surface area contributed by atoms with Gasteiger partial charge in [-0.05, 0) is 48.9 Å². The minimum absolute atomic E-state index is 0.138. The fourth-order valence-corrected chi connectivity index (χ4v) is 3.78. The summed E-state index contributed by atoms with van der Waals surface area (Å²) in [6.07, 6.45) is -3.13. The van der Waals surface area contributed by atoms with E-state index in [9.17, 15) is 27.5 Å². The summed E-state index contributed by atoms with van der Waals surface area (Å²) in [5, 5.41) is 9.37. The number of hydrogen-bond donors (Lipinski definition) is 1. The highest BCUT2D eigenvalue weighted by atomic mass is 19.4. The van der Waals surface area contributed by atoms with E-state index >= 15 is 0 Å².